The van der Waals surface area contributed by atoms with E-state index >= 15 is 0 Å². The third-order valence-corrected chi connectivity index (χ3v) is 9.68. The van der Waals surface area contributed by atoms with Crippen molar-refractivity contribution < 1.29 is 237 Å². The molecule has 0 heterocycles. The van der Waals surface area contributed by atoms with E-state index in [0.29, 0.717) is 11.5 Å². The number of carbonyl (C=O) groups excluding carboxylic acids is 1. The zero-order valence-corrected chi connectivity index (χ0v) is 25.7. The van der Waals surface area contributed by atoms with Gasteiger partial charge in [0.05, 0.1) is 6.04 Å². The summed E-state index contributed by atoms with van der Waals surface area (Å²) in [5.74, 6) is 6.18. The first-order valence-corrected chi connectivity index (χ1v) is 14.3. The van der Waals surface area contributed by atoms with E-state index in [4.69, 9.17) is 11.3 Å². The first-order valence-electron chi connectivity index (χ1n) is 14.7. The Balaban J connectivity index is -0.000000000637. The maximum absolute atomic E-state index is 14.2. The number of aryl methyl sites for hydroxylation is 2. The topological polar surface area (TPSA) is 49.8 Å². The molecule has 1 aromatic carbocycles. The van der Waals surface area contributed by atoms with Gasteiger partial charge >= 0.3 is 5.97 Å². The predicted octanol–water partition coefficient (Wildman–Crippen LogP) is 45.5. The average molecular weight is 827 g/mol. The molecule has 1 fully saturated rings. The Bertz CT molecular complexity index is 1140. The lowest BCUT2D eigenvalue weighted by molar-refractivity contribution is -0.188. The molecule has 1 aliphatic rings. The van der Waals surface area contributed by atoms with Crippen molar-refractivity contribution in [3.8, 4) is 11.8 Å². The summed E-state index contributed by atoms with van der Waals surface area (Å²) < 4.78 is 14.4. The molecule has 1 saturated carbocycles. The lowest BCUT2D eigenvalue weighted by Crippen LogP contribution is -2.53. The lowest BCUT2D eigenvalue weighted by atomic mass is 9.56. The van der Waals surface area contributed by atoms with Crippen LogP contribution >= 0.6 is 0 Å². The minimum Gasteiger partial charge on any atom is -0.447 e. The van der Waals surface area contributed by atoms with Gasteiger partial charge in [0.2, 0.25) is 1.43 Å². The molecule has 5 atom stereocenters. The summed E-state index contributed by atoms with van der Waals surface area (Å²) in [5.41, 5.74) is 2.33. The summed E-state index contributed by atoms with van der Waals surface area (Å²) in [6, 6.07) is 4.05. The van der Waals surface area contributed by atoms with Crippen LogP contribution in [0.3, 0.4) is 0 Å². The Morgan fingerprint density at radius 1 is 1.22 bits per heavy atom. The molecular weight excluding hydrogens is 458 g/mol. The van der Waals surface area contributed by atoms with E-state index in [-0.39, 0.29) is 245 Å². The highest BCUT2D eigenvalue weighted by molar-refractivity contribution is 5.82. The average Bonchev–Trinajstić information content (AvgIpc) is 2.84. The summed E-state index contributed by atoms with van der Waals surface area (Å²) in [6.45, 7) is 26.4. The number of hydrogen-bond donors (Lipinski definition) is 1. The largest absolute Gasteiger partial charge is 0.447 e. The van der Waals surface area contributed by atoms with Crippen LogP contribution in [-0.4, -0.2) is 41.6 Å². The Morgan fingerprint density at radius 3 is 2.32 bits per heavy atom. The van der Waals surface area contributed by atoms with Crippen molar-refractivity contribution in [2.75, 3.05) is 6.54 Å². The molecule has 0 radical (unpaired) electrons. The van der Waals surface area contributed by atoms with Crippen molar-refractivity contribution in [1.29, 1.82) is 1.43 Å². The van der Waals surface area contributed by atoms with Gasteiger partial charge in [-0.2, -0.15) is 0 Å². The summed E-state index contributed by atoms with van der Waals surface area (Å²) in [6.07, 6.45) is 3.28. The van der Waals surface area contributed by atoms with Crippen LogP contribution in [0.25, 0.3) is 0 Å². The molecule has 0 aliphatic heterocycles. The number of benzene rings is 1. The van der Waals surface area contributed by atoms with Crippen LogP contribution in [0, 0.1) is 49.9 Å². The van der Waals surface area contributed by atoms with E-state index in [0.717, 1.165) is 43.4 Å². The number of carbonyl (C=O) groups is 1. The molecule has 0 saturated heterocycles. The number of ether oxygens (including phenoxy) is 1. The number of aliphatic hydroxyl groups is 1. The fourth-order valence-electron chi connectivity index (χ4n) is 6.18. The number of esters is 1. The zero-order chi connectivity index (χ0) is 29.1. The van der Waals surface area contributed by atoms with Gasteiger partial charge in [-0.15, -0.1) is 0 Å². The third-order valence-electron chi connectivity index (χ3n) is 9.68. The molecule has 1 aliphatic carbocycles. The maximum Gasteiger partial charge on any atom is 0.344 e. The highest BCUT2D eigenvalue weighted by atomic mass is 16.6. The van der Waals surface area contributed by atoms with Crippen LogP contribution in [0.5, 0.6) is 0 Å². The minimum atomic E-state index is -1.53. The molecule has 1 N–H and O–H groups in total. The van der Waals surface area contributed by atoms with Gasteiger partial charge in [0.15, 0.2) is 11.7 Å². The zero-order valence-electron chi connectivity index (χ0n) is 26.7. The molecule has 5 unspecified atom stereocenters. The first kappa shape index (κ1) is 29.7. The first-order chi connectivity index (χ1) is 17.6. The molecule has 0 spiro atoms. The Labute approximate surface area is 460 Å². The normalized spacial score (nSPS) is 23.3. The van der Waals surface area contributed by atoms with Crippen molar-refractivity contribution in [2.45, 2.75) is 132 Å². The van der Waals surface area contributed by atoms with Crippen LogP contribution in [-0.2, 0) is 15.1 Å². The van der Waals surface area contributed by atoms with Gasteiger partial charge in [-0.3, -0.25) is 4.90 Å². The number of rotatable bonds is 9. The fourth-order valence-corrected chi connectivity index (χ4v) is 6.18. The second-order valence-electron chi connectivity index (χ2n) is 12.6. The van der Waals surface area contributed by atoms with Gasteiger partial charge in [0.1, 0.15) is 0 Å². The molecule has 0 amide bonds. The molecule has 4 nitrogen and oxygen atoms in total. The summed E-state index contributed by atoms with van der Waals surface area (Å²) >= 11 is 0. The van der Waals surface area contributed by atoms with Crippen LogP contribution in [0.1, 0.15) is 333 Å². The van der Waals surface area contributed by atoms with Gasteiger partial charge in [-0.1, -0.05) is 71.4 Å². The molecule has 37 heavy (non-hydrogen) atoms. The molecule has 520 valence electrons. The smallest absolute Gasteiger partial charge is 0.344 e. The van der Waals surface area contributed by atoms with Crippen LogP contribution in [0.4, 0.5) is 0 Å². The molecule has 4 heteroatoms. The minimum absolute atomic E-state index is 0. The third kappa shape index (κ3) is 6.43. The fraction of sp³-hybridized carbons (Fsp3) is 0.727. The van der Waals surface area contributed by atoms with Crippen LogP contribution in [0.2, 0.25) is 0 Å². The Hall–Kier alpha value is -1.83. The molecule has 1 aromatic rings. The van der Waals surface area contributed by atoms with E-state index in [9.17, 15) is 4.79 Å². The highest BCUT2D eigenvalue weighted by Crippen LogP contribution is 2.53. The van der Waals surface area contributed by atoms with Crippen molar-refractivity contribution in [3.63, 3.8) is 0 Å². The van der Waals surface area contributed by atoms with Gasteiger partial charge in [-0.05, 0) is 101 Å². The maximum atomic E-state index is 14.2. The summed E-state index contributed by atoms with van der Waals surface area (Å²) in [5, 5.41) is 5.62. The van der Waals surface area contributed by atoms with E-state index in [2.05, 4.69) is 79.1 Å². The van der Waals surface area contributed by atoms with Gasteiger partial charge in [0, 0.05) is 234 Å². The molecule has 2 rings (SSSR count). The standard InChI is InChI=1S/C33H53NO3.156H2/c1-13-31(9,10)34(14-2)25(6)18-19-26(7)37-30(35)33(36,28-20-22(3)27(8)23(4)21-28)29-17-15-16-24(5)32(29,11)12;;;;;;;;;;;;;;;;;;;;;;;;;;;;;;;;;;;;;;;;;;;;;;;;;;;;;;;;;;;;;;;;;;;;;;;;;;;;;;;;;;;;;;;;;;;;;;;;;;;;;;;;;;;;;;;;;;;;;;;;;;;;;;;;;;;;;;;;;;;;;;;;;;;;;;;;;;;;/h20-21,24-26,29,36H,13-17H2,1-12H3;156*1H/i36D;;;;;;;;;;;;;;;;;;;;;;;;;;;;;;;;;;;;;;;;;;;;;;;;;;;;;;;;;;;;;;;;;;;;;;;;;;;;;;;;;;;;;;;;;;;;;;;;;;;;;;;;;;;;;;;;;;;;;;;;;;;;;;;;;;;;;;;;;;;;;;;;;;;;;;;;;;;;. The summed E-state index contributed by atoms with van der Waals surface area (Å²) in [4.78, 5) is 16.6. The van der Waals surface area contributed by atoms with Gasteiger partial charge in [-0.25, -0.2) is 4.79 Å². The predicted molar refractivity (Wildman–Crippen MR) is 484 cm³/mol. The Kier molecular flexibility index (Phi) is 9.57. The van der Waals surface area contributed by atoms with E-state index in [1.54, 1.807) is 0 Å². The molecule has 0 bridgehead atoms. The van der Waals surface area contributed by atoms with E-state index < -0.39 is 17.7 Å². The van der Waals surface area contributed by atoms with E-state index in [1.807, 2.05) is 32.9 Å². The second kappa shape index (κ2) is 11.9. The Morgan fingerprint density at radius 2 is 1.81 bits per heavy atom. The lowest BCUT2D eigenvalue weighted by Gasteiger charge is -2.50. The summed E-state index contributed by atoms with van der Waals surface area (Å²) in [7, 11) is 0. The molecule has 0 aromatic heterocycles. The van der Waals surface area contributed by atoms with Crippen molar-refractivity contribution in [3.05, 3.63) is 34.4 Å². The highest BCUT2D eigenvalue weighted by Gasteiger charge is 2.55. The number of nitrogens with zero attached hydrogens (tertiary/aromatic N) is 1. The van der Waals surface area contributed by atoms with Crippen molar-refractivity contribution in [2.24, 2.45) is 17.3 Å². The monoisotopic (exact) mass is 827 g/mol. The van der Waals surface area contributed by atoms with Crippen molar-refractivity contribution in [1.82, 2.24) is 4.90 Å². The second-order valence-corrected chi connectivity index (χ2v) is 12.6. The quantitative estimate of drug-likeness (QED) is 0.199. The van der Waals surface area contributed by atoms with Crippen LogP contribution < -0.4 is 0 Å². The van der Waals surface area contributed by atoms with Crippen LogP contribution in [0.15, 0.2) is 12.1 Å². The van der Waals surface area contributed by atoms with E-state index in [1.165, 1.54) is 5.56 Å². The van der Waals surface area contributed by atoms with Gasteiger partial charge in [0.25, 0.3) is 0 Å². The SMILES string of the molecule is [2H]OC(C(=O)OC(C)C#CC(C)N(CC)C(C)(C)CC)(c1cc(C)c(C)c(C)c1)C1CCCC(C)C1(C)C.[HH].[HH].[HH].[HH].[HH].[HH].[HH].[HH].[HH].[HH].[HH].[HH].[HH].[HH].[HH].[HH].[HH].[HH].[HH].[HH].[HH].[HH].[HH].[HH].[HH].[HH].[HH].[HH].[HH].[HH].[HH].[HH].[HH].[HH].[HH].[HH].[HH].[HH].[HH].[HH].[HH].[HH].[HH].[HH].[HH].[HH].[HH].[HH].[HH].[HH].[HH].[HH].[HH].[HH].[HH].[HH].[HH].[HH].[HH].[HH].[HH].[HH].[HH].[HH].[HH].[HH].[HH].[HH].[HH].[HH].[HH].[HH].[HH].[HH].[HH].[HH].[HH].[HH].[HH].[HH].[HH].[HH].[HH].[HH].[HH].[HH].[HH].[HH].[HH].[HH].[HH].[HH].[HH].[HH].[HH].[HH].[HH].[HH].[HH].[HH].[HH].[HH].[HH].[HH].[HH].[HH].[HH].[HH].[HH].[HH].[HH].[HH].[HH].[HH].[HH].[HH].[HH].[HH].[HH].[HH].[HH].[HH].[HH].[HH].[HH].[HH].[HH].[HH].[HH].[HH].[HH].[HH].[HH].[HH].[HH].[HH].[HH].[HH].[HH].[HH].[HH].[HH].[HH].[HH].[HH].[HH].[HH].[HH].[HH].[HH].[HH].[HH].[HH].[HH].[HH].[HH]. The number of hydrogen-bond acceptors (Lipinski definition) is 4. The van der Waals surface area contributed by atoms with Crippen molar-refractivity contribution >= 4 is 5.97 Å². The molecular formula is C33H365NO3. The van der Waals surface area contributed by atoms with Gasteiger partial charge < -0.3 is 9.85 Å².